The molecule has 26 N–H and O–H groups in total. The molecule has 8 saturated heterocycles. The molecule has 0 aromatic carbocycles. The number of hydrogen-bond acceptors (Lipinski definition) is 41. The number of rotatable bonds is 22. The largest absolute Gasteiger partial charge is 0.394 e. The Labute approximate surface area is 501 Å². The minimum Gasteiger partial charge on any atom is -0.394 e. The molecule has 0 aromatic heterocycles. The van der Waals surface area contributed by atoms with Gasteiger partial charge in [-0.2, -0.15) is 0 Å². The van der Waals surface area contributed by atoms with Crippen LogP contribution in [0.4, 0.5) is 0 Å². The first-order valence-electron chi connectivity index (χ1n) is 28.2. The highest BCUT2D eigenvalue weighted by atomic mass is 16.8. The van der Waals surface area contributed by atoms with E-state index in [9.17, 15) is 133 Å². The van der Waals surface area contributed by atoms with Gasteiger partial charge >= 0.3 is 0 Å². The summed E-state index contributed by atoms with van der Waals surface area (Å²) in [5.74, 6) is 0. The van der Waals surface area contributed by atoms with E-state index in [-0.39, 0.29) is 0 Å². The second-order valence-electron chi connectivity index (χ2n) is 22.5. The Hall–Kier alpha value is -1.64. The third kappa shape index (κ3) is 15.3. The Bertz CT molecular complexity index is 2130. The van der Waals surface area contributed by atoms with Gasteiger partial charge in [0.2, 0.25) is 0 Å². The average molecular weight is 1320 g/mol. The fourth-order valence-electron chi connectivity index (χ4n) is 11.2. The Morgan fingerprint density at radius 2 is 0.438 bits per heavy atom. The van der Waals surface area contributed by atoms with Crippen LogP contribution < -0.4 is 0 Å². The zero-order chi connectivity index (χ0) is 65.4. The molecule has 0 aromatic rings. The zero-order valence-corrected chi connectivity index (χ0v) is 46.5. The van der Waals surface area contributed by atoms with Crippen LogP contribution in [-0.2, 0) is 71.1 Å². The molecule has 8 heterocycles. The fraction of sp³-hybridized carbons (Fsp3) is 1.00. The molecule has 8 aliphatic heterocycles. The van der Waals surface area contributed by atoms with Gasteiger partial charge in [-0.15, -0.1) is 0 Å². The summed E-state index contributed by atoms with van der Waals surface area (Å²) in [5, 5.41) is 279. The van der Waals surface area contributed by atoms with Crippen molar-refractivity contribution >= 4 is 0 Å². The molecular weight excluding hydrogens is 1230 g/mol. The minimum absolute atomic E-state index is 0.943. The lowest BCUT2D eigenvalue weighted by molar-refractivity contribution is -0.396. The summed E-state index contributed by atoms with van der Waals surface area (Å²) in [7, 11) is 0. The van der Waals surface area contributed by atoms with Crippen molar-refractivity contribution in [2.24, 2.45) is 0 Å². The van der Waals surface area contributed by atoms with Crippen molar-refractivity contribution < 1.29 is 204 Å². The lowest BCUT2D eigenvalue weighted by Crippen LogP contribution is -2.68. The molecule has 41 heteroatoms. The number of aliphatic hydroxyl groups is 26. The van der Waals surface area contributed by atoms with Crippen molar-refractivity contribution in [3.8, 4) is 0 Å². The van der Waals surface area contributed by atoms with E-state index in [0.717, 1.165) is 0 Å². The summed E-state index contributed by atoms with van der Waals surface area (Å²) in [4.78, 5) is 0. The number of ether oxygens (including phenoxy) is 15. The second-order valence-corrected chi connectivity index (χ2v) is 22.5. The van der Waals surface area contributed by atoms with E-state index < -0.39 is 299 Å². The quantitative estimate of drug-likeness (QED) is 0.0479. The Balaban J connectivity index is 1.06. The molecule has 0 amide bonds. The summed E-state index contributed by atoms with van der Waals surface area (Å²) >= 11 is 0. The van der Waals surface area contributed by atoms with Gasteiger partial charge in [-0.05, 0) is 0 Å². The van der Waals surface area contributed by atoms with Crippen LogP contribution in [0.2, 0.25) is 0 Å². The van der Waals surface area contributed by atoms with Crippen LogP contribution in [0.3, 0.4) is 0 Å². The maximum Gasteiger partial charge on any atom is 0.187 e. The minimum atomic E-state index is -2.39. The molecule has 8 aliphatic rings. The fourth-order valence-corrected chi connectivity index (χ4v) is 11.2. The van der Waals surface area contributed by atoms with Gasteiger partial charge in [-0.25, -0.2) is 0 Å². The highest BCUT2D eigenvalue weighted by Gasteiger charge is 2.59. The van der Waals surface area contributed by atoms with Gasteiger partial charge in [0.25, 0.3) is 0 Å². The zero-order valence-electron chi connectivity index (χ0n) is 46.5. The lowest BCUT2D eigenvalue weighted by Gasteiger charge is -2.49. The predicted molar refractivity (Wildman–Crippen MR) is 264 cm³/mol. The smallest absolute Gasteiger partial charge is 0.187 e. The topological polar surface area (TPSA) is 664 Å². The monoisotopic (exact) mass is 1310 g/mol. The third-order valence-corrected chi connectivity index (χ3v) is 16.6. The van der Waals surface area contributed by atoms with E-state index in [1.807, 2.05) is 0 Å². The van der Waals surface area contributed by atoms with Gasteiger partial charge in [0, 0.05) is 0 Å². The van der Waals surface area contributed by atoms with Crippen molar-refractivity contribution in [3.63, 3.8) is 0 Å². The van der Waals surface area contributed by atoms with Gasteiger partial charge in [0.1, 0.15) is 195 Å². The molecule has 520 valence electrons. The van der Waals surface area contributed by atoms with Crippen LogP contribution in [0, 0.1) is 0 Å². The number of hydrogen-bond donors (Lipinski definition) is 26. The van der Waals surface area contributed by atoms with Crippen molar-refractivity contribution in [2.75, 3.05) is 52.9 Å². The third-order valence-electron chi connectivity index (χ3n) is 16.6. The molecule has 0 aliphatic carbocycles. The van der Waals surface area contributed by atoms with Crippen LogP contribution in [0.5, 0.6) is 0 Å². The molecule has 0 radical (unpaired) electrons. The van der Waals surface area contributed by atoms with Crippen molar-refractivity contribution in [1.82, 2.24) is 0 Å². The van der Waals surface area contributed by atoms with E-state index in [2.05, 4.69) is 0 Å². The molecule has 8 rings (SSSR count). The summed E-state index contributed by atoms with van der Waals surface area (Å²) in [6, 6.07) is 0. The van der Waals surface area contributed by atoms with Crippen molar-refractivity contribution in [2.45, 2.75) is 246 Å². The molecular formula is C48H82O41. The lowest BCUT2D eigenvalue weighted by atomic mass is 9.95. The summed E-state index contributed by atoms with van der Waals surface area (Å²) in [6.07, 6.45) is -82.0. The van der Waals surface area contributed by atoms with Gasteiger partial charge < -0.3 is 204 Å². The first-order chi connectivity index (χ1) is 42.2. The predicted octanol–water partition coefficient (Wildman–Crippen LogP) is -18.5. The molecule has 0 bridgehead atoms. The van der Waals surface area contributed by atoms with Crippen LogP contribution in [0.1, 0.15) is 0 Å². The second kappa shape index (κ2) is 31.5. The highest BCUT2D eigenvalue weighted by Crippen LogP contribution is 2.38. The van der Waals surface area contributed by atoms with E-state index in [0.29, 0.717) is 0 Å². The highest BCUT2D eigenvalue weighted by molar-refractivity contribution is 5.01. The van der Waals surface area contributed by atoms with Crippen molar-refractivity contribution in [1.29, 1.82) is 0 Å². The van der Waals surface area contributed by atoms with E-state index in [1.54, 1.807) is 0 Å². The van der Waals surface area contributed by atoms with Crippen LogP contribution in [0.25, 0.3) is 0 Å². The maximum atomic E-state index is 12.1. The Kier molecular flexibility index (Phi) is 25.9. The maximum absolute atomic E-state index is 12.1. The molecule has 0 saturated carbocycles. The molecule has 0 unspecified atom stereocenters. The van der Waals surface area contributed by atoms with E-state index in [1.165, 1.54) is 0 Å². The van der Waals surface area contributed by atoms with Gasteiger partial charge in [-0.1, -0.05) is 0 Å². The molecule has 40 atom stereocenters. The number of aliphatic hydroxyl groups excluding tert-OH is 26. The molecule has 8 fully saturated rings. The summed E-state index contributed by atoms with van der Waals surface area (Å²) in [6.45, 7) is -8.15. The van der Waals surface area contributed by atoms with E-state index >= 15 is 0 Å². The first-order valence-corrected chi connectivity index (χ1v) is 28.2. The van der Waals surface area contributed by atoms with E-state index in [4.69, 9.17) is 71.1 Å². The first kappa shape index (κ1) is 73.2. The molecule has 89 heavy (non-hydrogen) atoms. The van der Waals surface area contributed by atoms with Gasteiger partial charge in [-0.3, -0.25) is 0 Å². The van der Waals surface area contributed by atoms with Gasteiger partial charge in [0.05, 0.1) is 52.9 Å². The van der Waals surface area contributed by atoms with Crippen LogP contribution >= 0.6 is 0 Å². The average Bonchev–Trinajstić information content (AvgIpc) is 2.04. The van der Waals surface area contributed by atoms with Gasteiger partial charge in [0.15, 0.2) is 50.3 Å². The SMILES string of the molecule is OC[C@H]1O[C@H](O[C@@H]2[C@@H](OC[C@H]3O[C@H](OC[C@H]4O[C@H](O)[C@@H](O)[C@@H](O[C@H]5O[C@H](CO)[C@@H](O)[C@H](O)[C@@H]5O[C@H]5O[C@H](CO)[C@@H](O)[C@H](O)[C@@H]5O)[C@@H]4O)[C@@H](O)[C@@H](O[C@H]4O[C@H](CO)[C@@H](O)[C@H](O)[C@@H]4O[C@H]4O[C@H](CO)[C@@H](O)[C@H](O)[C@@H]4O)[C@@H]3O)O[C@H](CO)[C@@H](O)[C@@H]2O)[C@@H](O)[C@@H](O)[C@@H]1O. The molecule has 41 nitrogen and oxygen atoms in total. The van der Waals surface area contributed by atoms with Crippen LogP contribution in [0.15, 0.2) is 0 Å². The standard InChI is InChI=1S/C48H82O41/c49-1-9-17(55)25(63)31(69)43(78-9)87-38-28(66)20(58)12(4-52)81-46(38)76-8-16-24(62)37(86-48-40(30(68)22(60)14(6-54)83-48)89-45-33(71)27(65)19(57)11(3-51)80-45)35(73)42(84-16)75-7-15-23(61)36(34(72)41(74)77-15)85-47-39(29(67)21(59)13(5-53)82-47)88-44-32(70)26(64)18(56)10(2-50)79-44/h9-74H,1-8H2/t9-,10-,11-,12-,13-,14-,15-,16-,17-,18-,19-,20-,21-,22-,23-,24-,25+,26+,27+,28+,29+,30+,31+,32+,33+,34+,35+,36+,37+,38+,39+,40+,41+,42+,43-,44-,45-,46+,47-,48-/m1/s1. The summed E-state index contributed by atoms with van der Waals surface area (Å²) in [5.41, 5.74) is 0. The normalized spacial score (nSPS) is 53.6. The Morgan fingerprint density at radius 3 is 0.775 bits per heavy atom. The summed E-state index contributed by atoms with van der Waals surface area (Å²) < 4.78 is 85.1. The van der Waals surface area contributed by atoms with Crippen LogP contribution in [-0.4, -0.2) is 431 Å². The molecule has 0 spiro atoms. The van der Waals surface area contributed by atoms with Crippen molar-refractivity contribution in [3.05, 3.63) is 0 Å². The Morgan fingerprint density at radius 1 is 0.191 bits per heavy atom.